The van der Waals surface area contributed by atoms with Crippen LogP contribution in [0, 0.1) is 5.92 Å². The smallest absolute Gasteiger partial charge is 0.223 e. The molecule has 0 aliphatic carbocycles. The molecule has 2 N–H and O–H groups in total. The first-order chi connectivity index (χ1) is 9.20. The minimum atomic E-state index is -0.382. The van der Waals surface area contributed by atoms with E-state index in [9.17, 15) is 9.90 Å². The van der Waals surface area contributed by atoms with Gasteiger partial charge in [0.15, 0.2) is 0 Å². The van der Waals surface area contributed by atoms with Crippen molar-refractivity contribution in [2.45, 2.75) is 18.9 Å². The molecule has 1 heterocycles. The van der Waals surface area contributed by atoms with Gasteiger partial charge in [-0.15, -0.1) is 0 Å². The Morgan fingerprint density at radius 2 is 2.00 bits per heavy atom. The highest BCUT2D eigenvalue weighted by atomic mass is 35.5. The van der Waals surface area contributed by atoms with Gasteiger partial charge in [0.2, 0.25) is 5.91 Å². The van der Waals surface area contributed by atoms with E-state index in [1.165, 1.54) is 0 Å². The van der Waals surface area contributed by atoms with Crippen LogP contribution in [0.3, 0.4) is 0 Å². The number of nitrogens with one attached hydrogen (secondary N) is 1. The van der Waals surface area contributed by atoms with Crippen LogP contribution in [0.25, 0.3) is 0 Å². The molecule has 1 amide bonds. The first-order valence-electron chi connectivity index (χ1n) is 6.45. The molecule has 0 spiro atoms. The fourth-order valence-electron chi connectivity index (χ4n) is 2.18. The quantitative estimate of drug-likeness (QED) is 0.887. The van der Waals surface area contributed by atoms with Gasteiger partial charge in [-0.25, -0.2) is 0 Å². The lowest BCUT2D eigenvalue weighted by molar-refractivity contribution is -0.128. The van der Waals surface area contributed by atoms with E-state index < -0.39 is 0 Å². The molecule has 19 heavy (non-hydrogen) atoms. The molecule has 4 nitrogen and oxygen atoms in total. The summed E-state index contributed by atoms with van der Waals surface area (Å²) in [6, 6.07) is 6.74. The van der Waals surface area contributed by atoms with Gasteiger partial charge in [-0.05, 0) is 30.5 Å². The molecule has 1 unspecified atom stereocenters. The average Bonchev–Trinajstić information content (AvgIpc) is 2.46. The summed E-state index contributed by atoms with van der Waals surface area (Å²) in [7, 11) is 0. The summed E-state index contributed by atoms with van der Waals surface area (Å²) in [5.74, 6) is -0.0348. The standard InChI is InChI=1S/C14H18ClNO3/c15-12-3-1-10(2-4-12)13(9-17)16-14(18)11-5-7-19-8-6-11/h1-4,11,13,17H,5-9H2,(H,16,18). The lowest BCUT2D eigenvalue weighted by atomic mass is 9.98. The zero-order chi connectivity index (χ0) is 13.7. The van der Waals surface area contributed by atoms with Gasteiger partial charge in [0.1, 0.15) is 0 Å². The summed E-state index contributed by atoms with van der Waals surface area (Å²) < 4.78 is 5.23. The summed E-state index contributed by atoms with van der Waals surface area (Å²) in [6.07, 6.45) is 1.48. The van der Waals surface area contributed by atoms with Crippen molar-refractivity contribution in [1.29, 1.82) is 0 Å². The van der Waals surface area contributed by atoms with Gasteiger partial charge in [-0.3, -0.25) is 4.79 Å². The van der Waals surface area contributed by atoms with Crippen molar-refractivity contribution in [3.05, 3.63) is 34.9 Å². The van der Waals surface area contributed by atoms with E-state index in [-0.39, 0.29) is 24.5 Å². The first-order valence-corrected chi connectivity index (χ1v) is 6.83. The predicted molar refractivity (Wildman–Crippen MR) is 73.0 cm³/mol. The number of aliphatic hydroxyl groups excluding tert-OH is 1. The van der Waals surface area contributed by atoms with Crippen molar-refractivity contribution < 1.29 is 14.6 Å². The Hall–Kier alpha value is -1.10. The van der Waals surface area contributed by atoms with Crippen molar-refractivity contribution in [2.75, 3.05) is 19.8 Å². The Morgan fingerprint density at radius 3 is 2.58 bits per heavy atom. The minimum Gasteiger partial charge on any atom is -0.394 e. The van der Waals surface area contributed by atoms with E-state index >= 15 is 0 Å². The van der Waals surface area contributed by atoms with Crippen LogP contribution in [0.5, 0.6) is 0 Å². The molecule has 0 aromatic heterocycles. The van der Waals surface area contributed by atoms with Gasteiger partial charge < -0.3 is 15.2 Å². The van der Waals surface area contributed by atoms with Crippen LogP contribution in [0.1, 0.15) is 24.4 Å². The van der Waals surface area contributed by atoms with Crippen LogP contribution < -0.4 is 5.32 Å². The second kappa shape index (κ2) is 6.89. The molecule has 1 fully saturated rings. The van der Waals surface area contributed by atoms with E-state index in [2.05, 4.69) is 5.32 Å². The fourth-order valence-corrected chi connectivity index (χ4v) is 2.30. The number of halogens is 1. The summed E-state index contributed by atoms with van der Waals surface area (Å²) in [6.45, 7) is 1.13. The van der Waals surface area contributed by atoms with Gasteiger partial charge in [0, 0.05) is 24.2 Å². The number of hydrogen-bond acceptors (Lipinski definition) is 3. The van der Waals surface area contributed by atoms with Gasteiger partial charge >= 0.3 is 0 Å². The van der Waals surface area contributed by atoms with Crippen LogP contribution in [-0.4, -0.2) is 30.8 Å². The summed E-state index contributed by atoms with van der Waals surface area (Å²) in [5, 5.41) is 12.9. The zero-order valence-corrected chi connectivity index (χ0v) is 11.4. The maximum atomic E-state index is 12.1. The predicted octanol–water partition coefficient (Wildman–Crippen LogP) is 1.92. The van der Waals surface area contributed by atoms with Gasteiger partial charge in [0.25, 0.3) is 0 Å². The highest BCUT2D eigenvalue weighted by molar-refractivity contribution is 6.30. The highest BCUT2D eigenvalue weighted by Crippen LogP contribution is 2.19. The van der Waals surface area contributed by atoms with Gasteiger partial charge in [-0.2, -0.15) is 0 Å². The molecular formula is C14H18ClNO3. The second-order valence-corrected chi connectivity index (χ2v) is 5.12. The van der Waals surface area contributed by atoms with Crippen molar-refractivity contribution in [3.8, 4) is 0 Å². The number of carbonyl (C=O) groups is 1. The molecule has 0 radical (unpaired) electrons. The fraction of sp³-hybridized carbons (Fsp3) is 0.500. The van der Waals surface area contributed by atoms with Crippen LogP contribution in [-0.2, 0) is 9.53 Å². The third-order valence-corrected chi connectivity index (χ3v) is 3.62. The zero-order valence-electron chi connectivity index (χ0n) is 10.6. The van der Waals surface area contributed by atoms with E-state index in [1.807, 2.05) is 12.1 Å². The van der Waals surface area contributed by atoms with E-state index in [4.69, 9.17) is 16.3 Å². The molecule has 1 aliphatic rings. The minimum absolute atomic E-state index is 0.0164. The van der Waals surface area contributed by atoms with E-state index in [0.29, 0.717) is 18.2 Å². The summed E-state index contributed by atoms with van der Waals surface area (Å²) in [5.41, 5.74) is 0.854. The molecule has 1 aromatic rings. The third kappa shape index (κ3) is 3.93. The number of rotatable bonds is 4. The van der Waals surface area contributed by atoms with Crippen molar-refractivity contribution in [1.82, 2.24) is 5.32 Å². The second-order valence-electron chi connectivity index (χ2n) is 4.68. The molecule has 5 heteroatoms. The Morgan fingerprint density at radius 1 is 1.37 bits per heavy atom. The van der Waals surface area contributed by atoms with E-state index in [0.717, 1.165) is 18.4 Å². The van der Waals surface area contributed by atoms with Gasteiger partial charge in [0.05, 0.1) is 12.6 Å². The van der Waals surface area contributed by atoms with Crippen molar-refractivity contribution in [2.24, 2.45) is 5.92 Å². The monoisotopic (exact) mass is 283 g/mol. The Kier molecular flexibility index (Phi) is 5.19. The van der Waals surface area contributed by atoms with Crippen LogP contribution >= 0.6 is 11.6 Å². The summed E-state index contributed by atoms with van der Waals surface area (Å²) >= 11 is 5.82. The lowest BCUT2D eigenvalue weighted by Gasteiger charge is -2.24. The number of aliphatic hydroxyl groups is 1. The molecule has 1 atom stereocenters. The Labute approximate surface area is 117 Å². The number of carbonyl (C=O) groups excluding carboxylic acids is 1. The Balaban J connectivity index is 1.98. The molecular weight excluding hydrogens is 266 g/mol. The van der Waals surface area contributed by atoms with Crippen LogP contribution in [0.15, 0.2) is 24.3 Å². The maximum Gasteiger partial charge on any atom is 0.223 e. The van der Waals surface area contributed by atoms with Crippen LogP contribution in [0.4, 0.5) is 0 Å². The largest absolute Gasteiger partial charge is 0.394 e. The normalized spacial score (nSPS) is 18.0. The Bertz CT molecular complexity index is 415. The number of hydrogen-bond donors (Lipinski definition) is 2. The van der Waals surface area contributed by atoms with E-state index in [1.54, 1.807) is 12.1 Å². The molecule has 0 bridgehead atoms. The van der Waals surface area contributed by atoms with Gasteiger partial charge in [-0.1, -0.05) is 23.7 Å². The SMILES string of the molecule is O=C(NC(CO)c1ccc(Cl)cc1)C1CCOCC1. The molecule has 104 valence electrons. The summed E-state index contributed by atoms with van der Waals surface area (Å²) in [4.78, 5) is 12.1. The molecule has 1 aromatic carbocycles. The van der Waals surface area contributed by atoms with Crippen LogP contribution in [0.2, 0.25) is 5.02 Å². The highest BCUT2D eigenvalue weighted by Gasteiger charge is 2.24. The van der Waals surface area contributed by atoms with Crippen molar-refractivity contribution in [3.63, 3.8) is 0 Å². The van der Waals surface area contributed by atoms with Crippen molar-refractivity contribution >= 4 is 17.5 Å². The molecule has 0 saturated carbocycles. The average molecular weight is 284 g/mol. The molecule has 1 aliphatic heterocycles. The lowest BCUT2D eigenvalue weighted by Crippen LogP contribution is -2.37. The topological polar surface area (TPSA) is 58.6 Å². The first kappa shape index (κ1) is 14.3. The molecule has 2 rings (SSSR count). The molecule has 1 saturated heterocycles. The third-order valence-electron chi connectivity index (χ3n) is 3.36. The maximum absolute atomic E-state index is 12.1. The number of amides is 1. The number of benzene rings is 1. The number of ether oxygens (including phenoxy) is 1.